The van der Waals surface area contributed by atoms with Crippen molar-refractivity contribution >= 4 is 5.78 Å². The van der Waals surface area contributed by atoms with E-state index in [1.54, 1.807) is 18.2 Å². The number of benzene rings is 2. The van der Waals surface area contributed by atoms with Crippen molar-refractivity contribution in [1.29, 1.82) is 0 Å². The SMILES string of the molecule is O=C(c1cccc(OC(F)F)c1)c1cccc2c1OCC2. The normalized spacial score (nSPS) is 12.9. The number of para-hydroxylation sites is 1. The summed E-state index contributed by atoms with van der Waals surface area (Å²) in [6, 6.07) is 11.1. The summed E-state index contributed by atoms with van der Waals surface area (Å²) in [6.07, 6.45) is 0.769. The molecule has 3 rings (SSSR count). The molecule has 3 nitrogen and oxygen atoms in total. The summed E-state index contributed by atoms with van der Waals surface area (Å²) in [7, 11) is 0. The van der Waals surface area contributed by atoms with E-state index in [1.807, 2.05) is 6.07 Å². The molecule has 0 aliphatic carbocycles. The zero-order valence-corrected chi connectivity index (χ0v) is 11.0. The van der Waals surface area contributed by atoms with Crippen LogP contribution in [0.15, 0.2) is 42.5 Å². The molecule has 0 aromatic heterocycles. The largest absolute Gasteiger partial charge is 0.492 e. The van der Waals surface area contributed by atoms with Gasteiger partial charge >= 0.3 is 6.61 Å². The second-order valence-corrected chi connectivity index (χ2v) is 4.63. The van der Waals surface area contributed by atoms with Crippen molar-refractivity contribution in [2.45, 2.75) is 13.0 Å². The standard InChI is InChI=1S/C16H12F2O3/c17-16(18)21-12-5-1-4-11(9-12)14(19)13-6-2-3-10-7-8-20-15(10)13/h1-6,9,16H,7-8H2. The summed E-state index contributed by atoms with van der Waals surface area (Å²) in [5.74, 6) is 0.278. The van der Waals surface area contributed by atoms with Crippen LogP contribution in [0.2, 0.25) is 0 Å². The topological polar surface area (TPSA) is 35.5 Å². The van der Waals surface area contributed by atoms with E-state index < -0.39 is 6.61 Å². The van der Waals surface area contributed by atoms with Gasteiger partial charge in [0.1, 0.15) is 11.5 Å². The van der Waals surface area contributed by atoms with Gasteiger partial charge in [0.15, 0.2) is 5.78 Å². The highest BCUT2D eigenvalue weighted by molar-refractivity contribution is 6.11. The Morgan fingerprint density at radius 2 is 2.00 bits per heavy atom. The molecule has 1 aliphatic rings. The minimum Gasteiger partial charge on any atom is -0.492 e. The Morgan fingerprint density at radius 3 is 2.81 bits per heavy atom. The van der Waals surface area contributed by atoms with E-state index in [1.165, 1.54) is 18.2 Å². The van der Waals surface area contributed by atoms with Crippen molar-refractivity contribution in [3.63, 3.8) is 0 Å². The zero-order valence-electron chi connectivity index (χ0n) is 11.0. The van der Waals surface area contributed by atoms with Crippen LogP contribution in [0.25, 0.3) is 0 Å². The lowest BCUT2D eigenvalue weighted by atomic mass is 10.00. The first-order chi connectivity index (χ1) is 10.1. The molecule has 2 aromatic carbocycles. The van der Waals surface area contributed by atoms with Gasteiger partial charge in [0, 0.05) is 12.0 Å². The molecular formula is C16H12F2O3. The molecule has 0 fully saturated rings. The third-order valence-electron chi connectivity index (χ3n) is 3.28. The van der Waals surface area contributed by atoms with E-state index in [2.05, 4.69) is 4.74 Å². The van der Waals surface area contributed by atoms with Crippen LogP contribution in [0.1, 0.15) is 21.5 Å². The molecule has 0 N–H and O–H groups in total. The summed E-state index contributed by atoms with van der Waals surface area (Å²) >= 11 is 0. The quantitative estimate of drug-likeness (QED) is 0.809. The lowest BCUT2D eigenvalue weighted by Gasteiger charge is -2.09. The predicted molar refractivity (Wildman–Crippen MR) is 72.1 cm³/mol. The lowest BCUT2D eigenvalue weighted by molar-refractivity contribution is -0.0498. The molecule has 21 heavy (non-hydrogen) atoms. The van der Waals surface area contributed by atoms with E-state index >= 15 is 0 Å². The van der Waals surface area contributed by atoms with Gasteiger partial charge in [-0.05, 0) is 23.8 Å². The number of ketones is 1. The molecule has 0 saturated heterocycles. The number of hydrogen-bond donors (Lipinski definition) is 0. The van der Waals surface area contributed by atoms with Gasteiger partial charge in [-0.25, -0.2) is 0 Å². The van der Waals surface area contributed by atoms with E-state index in [0.717, 1.165) is 12.0 Å². The Hall–Kier alpha value is -2.43. The van der Waals surface area contributed by atoms with Crippen LogP contribution >= 0.6 is 0 Å². The summed E-state index contributed by atoms with van der Waals surface area (Å²) in [5.41, 5.74) is 1.72. The number of carbonyl (C=O) groups is 1. The molecule has 0 saturated carbocycles. The number of alkyl halides is 2. The Morgan fingerprint density at radius 1 is 1.19 bits per heavy atom. The minimum atomic E-state index is -2.92. The summed E-state index contributed by atoms with van der Waals surface area (Å²) < 4.78 is 34.3. The Balaban J connectivity index is 1.94. The highest BCUT2D eigenvalue weighted by Crippen LogP contribution is 2.31. The van der Waals surface area contributed by atoms with Crippen molar-refractivity contribution in [2.75, 3.05) is 6.61 Å². The smallest absolute Gasteiger partial charge is 0.387 e. The summed E-state index contributed by atoms with van der Waals surface area (Å²) in [4.78, 5) is 12.5. The van der Waals surface area contributed by atoms with Crippen molar-refractivity contribution in [2.24, 2.45) is 0 Å². The van der Waals surface area contributed by atoms with Crippen molar-refractivity contribution < 1.29 is 23.0 Å². The van der Waals surface area contributed by atoms with Crippen LogP contribution in [0.4, 0.5) is 8.78 Å². The molecule has 0 amide bonds. The molecule has 108 valence electrons. The molecule has 5 heteroatoms. The number of ether oxygens (including phenoxy) is 2. The molecule has 0 radical (unpaired) electrons. The number of fused-ring (bicyclic) bond motifs is 1. The maximum atomic E-state index is 12.5. The molecular weight excluding hydrogens is 278 g/mol. The van der Waals surface area contributed by atoms with Crippen LogP contribution in [0.5, 0.6) is 11.5 Å². The Labute approximate surface area is 120 Å². The highest BCUT2D eigenvalue weighted by atomic mass is 19.3. The van der Waals surface area contributed by atoms with Gasteiger partial charge in [-0.1, -0.05) is 24.3 Å². The summed E-state index contributed by atoms with van der Waals surface area (Å²) in [5, 5.41) is 0. The second-order valence-electron chi connectivity index (χ2n) is 4.63. The average molecular weight is 290 g/mol. The molecule has 0 atom stereocenters. The molecule has 1 aliphatic heterocycles. The van der Waals surface area contributed by atoms with E-state index in [0.29, 0.717) is 17.9 Å². The molecule has 2 aromatic rings. The number of rotatable bonds is 4. The third-order valence-corrected chi connectivity index (χ3v) is 3.28. The van der Waals surface area contributed by atoms with Crippen molar-refractivity contribution in [3.05, 3.63) is 59.2 Å². The van der Waals surface area contributed by atoms with Crippen LogP contribution < -0.4 is 9.47 Å². The van der Waals surface area contributed by atoms with Gasteiger partial charge in [-0.15, -0.1) is 0 Å². The second kappa shape index (κ2) is 5.52. The van der Waals surface area contributed by atoms with Gasteiger partial charge in [0.2, 0.25) is 0 Å². The monoisotopic (exact) mass is 290 g/mol. The van der Waals surface area contributed by atoms with E-state index in [4.69, 9.17) is 4.74 Å². The fourth-order valence-corrected chi connectivity index (χ4v) is 2.36. The van der Waals surface area contributed by atoms with Gasteiger partial charge in [-0.2, -0.15) is 8.78 Å². The van der Waals surface area contributed by atoms with Gasteiger partial charge in [-0.3, -0.25) is 4.79 Å². The molecule has 0 bridgehead atoms. The van der Waals surface area contributed by atoms with Crippen LogP contribution in [0.3, 0.4) is 0 Å². The maximum absolute atomic E-state index is 12.5. The zero-order chi connectivity index (χ0) is 14.8. The van der Waals surface area contributed by atoms with Crippen molar-refractivity contribution in [1.82, 2.24) is 0 Å². The average Bonchev–Trinajstić information content (AvgIpc) is 2.94. The van der Waals surface area contributed by atoms with Gasteiger partial charge in [0.05, 0.1) is 12.2 Å². The Bertz CT molecular complexity index is 683. The van der Waals surface area contributed by atoms with Crippen LogP contribution in [0, 0.1) is 0 Å². The molecule has 1 heterocycles. The van der Waals surface area contributed by atoms with E-state index in [-0.39, 0.29) is 17.1 Å². The van der Waals surface area contributed by atoms with Gasteiger partial charge < -0.3 is 9.47 Å². The van der Waals surface area contributed by atoms with Crippen LogP contribution in [-0.4, -0.2) is 19.0 Å². The molecule has 0 unspecified atom stereocenters. The van der Waals surface area contributed by atoms with Crippen LogP contribution in [-0.2, 0) is 6.42 Å². The fraction of sp³-hybridized carbons (Fsp3) is 0.188. The molecule has 0 spiro atoms. The van der Waals surface area contributed by atoms with Gasteiger partial charge in [0.25, 0.3) is 0 Å². The number of hydrogen-bond acceptors (Lipinski definition) is 3. The third kappa shape index (κ3) is 2.72. The predicted octanol–water partition coefficient (Wildman–Crippen LogP) is 3.45. The number of carbonyl (C=O) groups excluding carboxylic acids is 1. The van der Waals surface area contributed by atoms with Crippen molar-refractivity contribution in [3.8, 4) is 11.5 Å². The minimum absolute atomic E-state index is 0.0376. The number of halogens is 2. The Kier molecular flexibility index (Phi) is 3.56. The summed E-state index contributed by atoms with van der Waals surface area (Å²) in [6.45, 7) is -2.37. The first kappa shape index (κ1) is 13.5. The first-order valence-electron chi connectivity index (χ1n) is 6.49. The highest BCUT2D eigenvalue weighted by Gasteiger charge is 2.21. The van der Waals surface area contributed by atoms with E-state index in [9.17, 15) is 13.6 Å². The lowest BCUT2D eigenvalue weighted by Crippen LogP contribution is -2.06. The maximum Gasteiger partial charge on any atom is 0.387 e. The fourth-order valence-electron chi connectivity index (χ4n) is 2.36. The first-order valence-corrected chi connectivity index (χ1v) is 6.49.